The summed E-state index contributed by atoms with van der Waals surface area (Å²) in [6.07, 6.45) is 9.47. The maximum atomic E-state index is 5.82. The van der Waals surface area contributed by atoms with Crippen molar-refractivity contribution in [3.63, 3.8) is 0 Å². The van der Waals surface area contributed by atoms with Crippen molar-refractivity contribution >= 4 is 10.9 Å². The van der Waals surface area contributed by atoms with Gasteiger partial charge < -0.3 is 19.7 Å². The number of likely N-dealkylation sites (tertiary alicyclic amines) is 1. The van der Waals surface area contributed by atoms with Crippen LogP contribution in [0.1, 0.15) is 36.5 Å². The average Bonchev–Trinajstić information content (AvgIpc) is 3.75. The average molecular weight is 501 g/mol. The number of hydrogen-bond acceptors (Lipinski definition) is 6. The van der Waals surface area contributed by atoms with Crippen molar-refractivity contribution in [2.45, 2.75) is 30.5 Å². The minimum absolute atomic E-state index is 0.606. The van der Waals surface area contributed by atoms with E-state index in [0.29, 0.717) is 0 Å². The normalized spacial score (nSPS) is 28.6. The number of H-pyrrole nitrogens is 3. The van der Waals surface area contributed by atoms with E-state index in [4.69, 9.17) is 9.72 Å². The second-order valence-corrected chi connectivity index (χ2v) is 10.4. The van der Waals surface area contributed by atoms with Crippen molar-refractivity contribution in [1.29, 1.82) is 0 Å². The third-order valence-electron chi connectivity index (χ3n) is 8.51. The fourth-order valence-electron chi connectivity index (χ4n) is 7.05. The summed E-state index contributed by atoms with van der Waals surface area (Å²) in [5, 5.41) is 10.5. The van der Waals surface area contributed by atoms with Gasteiger partial charge in [0.05, 0.1) is 18.9 Å². The molecule has 3 fully saturated rings. The quantitative estimate of drug-likeness (QED) is 0.337. The second-order valence-electron chi connectivity index (χ2n) is 10.4. The third-order valence-corrected chi connectivity index (χ3v) is 8.51. The number of hydrogen-bond donors (Lipinski definition) is 4. The Labute approximate surface area is 217 Å². The van der Waals surface area contributed by atoms with Crippen molar-refractivity contribution in [2.24, 2.45) is 0 Å². The predicted molar refractivity (Wildman–Crippen MR) is 143 cm³/mol. The first-order chi connectivity index (χ1) is 18.3. The first kappa shape index (κ1) is 23.2. The predicted octanol–water partition coefficient (Wildman–Crippen LogP) is 2.95. The van der Waals surface area contributed by atoms with E-state index in [2.05, 4.69) is 77.7 Å². The minimum Gasteiger partial charge on any atom is -0.379 e. The highest BCUT2D eigenvalue weighted by molar-refractivity contribution is 5.80. The van der Waals surface area contributed by atoms with Gasteiger partial charge in [-0.3, -0.25) is 10.2 Å². The van der Waals surface area contributed by atoms with Crippen LogP contribution in [0.15, 0.2) is 61.1 Å². The smallest absolute Gasteiger partial charge is 0.160 e. The Hall–Kier alpha value is -2.95. The van der Waals surface area contributed by atoms with Crippen LogP contribution in [0.3, 0.4) is 0 Å². The molecule has 0 radical (unpaired) electrons. The van der Waals surface area contributed by atoms with Crippen molar-refractivity contribution in [1.82, 2.24) is 40.2 Å². The molecule has 3 aliphatic rings. The summed E-state index contributed by atoms with van der Waals surface area (Å²) in [6.45, 7) is 6.96. The number of benzene rings is 1. The van der Waals surface area contributed by atoms with Crippen LogP contribution >= 0.6 is 0 Å². The van der Waals surface area contributed by atoms with Gasteiger partial charge in [-0.2, -0.15) is 0 Å². The molecule has 6 heterocycles. The van der Waals surface area contributed by atoms with Crippen LogP contribution in [0, 0.1) is 0 Å². The lowest BCUT2D eigenvalue weighted by Crippen LogP contribution is -2.81. The molecule has 2 unspecified atom stereocenters. The summed E-state index contributed by atoms with van der Waals surface area (Å²) in [5.74, 6) is 0.914. The van der Waals surface area contributed by atoms with Crippen molar-refractivity contribution in [3.8, 4) is 0 Å². The molecular formula is C28H36N8O. The number of nitrogens with zero attached hydrogens (tertiary/aromatic N) is 4. The zero-order chi connectivity index (χ0) is 24.7. The zero-order valence-corrected chi connectivity index (χ0v) is 21.2. The number of nitrogens with one attached hydrogen (secondary N) is 4. The summed E-state index contributed by atoms with van der Waals surface area (Å²) in [6, 6.07) is 15.3. The lowest BCUT2D eigenvalue weighted by molar-refractivity contribution is -0.255. The van der Waals surface area contributed by atoms with Gasteiger partial charge in [-0.15, -0.1) is 0 Å². The Bertz CT molecular complexity index is 1240. The van der Waals surface area contributed by atoms with Gasteiger partial charge in [0.1, 0.15) is 5.82 Å². The Morgan fingerprint density at radius 2 is 1.70 bits per heavy atom. The number of imidazole rings is 1. The molecule has 1 aromatic carbocycles. The van der Waals surface area contributed by atoms with E-state index in [1.165, 1.54) is 30.3 Å². The van der Waals surface area contributed by atoms with Gasteiger partial charge in [-0.1, -0.05) is 24.6 Å². The summed E-state index contributed by atoms with van der Waals surface area (Å²) >= 11 is 0. The molecular weight excluding hydrogens is 464 g/mol. The van der Waals surface area contributed by atoms with Crippen LogP contribution in [-0.2, 0) is 15.9 Å². The fourth-order valence-corrected chi connectivity index (χ4v) is 7.05. The standard InChI is InChI=1S/C28H36N8O/c1-4-14-34(15-5-1)28(25-21-22-7-2-3-8-23(22)33-25)27(24-9-6-10-29-24,26-30-11-12-31-26)32-13-16-36(28)35-17-19-37-20-18-35/h2-3,6-12,21,29,32-33H,1,4-5,13-20H2,(H,30,31). The maximum absolute atomic E-state index is 5.82. The molecule has 0 spiro atoms. The van der Waals surface area contributed by atoms with Gasteiger partial charge in [0.25, 0.3) is 0 Å². The molecule has 0 amide bonds. The van der Waals surface area contributed by atoms with E-state index >= 15 is 0 Å². The van der Waals surface area contributed by atoms with Gasteiger partial charge in [-0.25, -0.2) is 15.0 Å². The molecule has 3 saturated heterocycles. The molecule has 3 aliphatic heterocycles. The summed E-state index contributed by atoms with van der Waals surface area (Å²) in [5.41, 5.74) is 2.14. The Kier molecular flexibility index (Phi) is 5.90. The zero-order valence-electron chi connectivity index (χ0n) is 21.2. The molecule has 0 aliphatic carbocycles. The lowest BCUT2D eigenvalue weighted by atomic mass is 9.73. The number of hydrazine groups is 1. The SMILES string of the molecule is c1c[nH]c(C2(c3ncc[nH]3)NCCN(N3CCOCC3)C2(c2cc3ccccc3[nH]2)N2CCCCC2)c1. The van der Waals surface area contributed by atoms with E-state index in [9.17, 15) is 0 Å². The third kappa shape index (κ3) is 3.45. The minimum atomic E-state index is -0.686. The maximum Gasteiger partial charge on any atom is 0.160 e. The largest absolute Gasteiger partial charge is 0.379 e. The molecule has 3 aromatic heterocycles. The molecule has 0 saturated carbocycles. The van der Waals surface area contributed by atoms with Crippen LogP contribution in [0.2, 0.25) is 0 Å². The van der Waals surface area contributed by atoms with E-state index in [0.717, 1.165) is 69.5 Å². The van der Waals surface area contributed by atoms with Crippen LogP contribution in [0.25, 0.3) is 10.9 Å². The second kappa shape index (κ2) is 9.41. The Morgan fingerprint density at radius 1 is 0.838 bits per heavy atom. The summed E-state index contributed by atoms with van der Waals surface area (Å²) in [7, 11) is 0. The first-order valence-electron chi connectivity index (χ1n) is 13.7. The molecule has 0 bridgehead atoms. The van der Waals surface area contributed by atoms with Gasteiger partial charge >= 0.3 is 0 Å². The Morgan fingerprint density at radius 3 is 2.46 bits per heavy atom. The van der Waals surface area contributed by atoms with Crippen molar-refractivity contribution < 1.29 is 4.74 Å². The van der Waals surface area contributed by atoms with Crippen molar-refractivity contribution in [2.75, 3.05) is 52.5 Å². The number of piperazine rings is 1. The molecule has 2 atom stereocenters. The van der Waals surface area contributed by atoms with E-state index in [1.54, 1.807) is 0 Å². The number of piperidine rings is 1. The fraction of sp³-hybridized carbons (Fsp3) is 0.464. The highest BCUT2D eigenvalue weighted by atomic mass is 16.5. The number of morpholine rings is 1. The highest BCUT2D eigenvalue weighted by Gasteiger charge is 2.67. The van der Waals surface area contributed by atoms with Gasteiger partial charge in [0.2, 0.25) is 0 Å². The number of ether oxygens (including phenoxy) is 1. The number of aromatic amines is 3. The topological polar surface area (TPSA) is 91.2 Å². The van der Waals surface area contributed by atoms with Crippen LogP contribution in [0.4, 0.5) is 0 Å². The highest BCUT2D eigenvalue weighted by Crippen LogP contribution is 2.53. The molecule has 9 nitrogen and oxygen atoms in total. The molecule has 194 valence electrons. The van der Waals surface area contributed by atoms with Crippen LogP contribution in [-0.4, -0.2) is 87.3 Å². The molecule has 9 heteroatoms. The van der Waals surface area contributed by atoms with Crippen molar-refractivity contribution in [3.05, 3.63) is 78.3 Å². The number of rotatable bonds is 5. The van der Waals surface area contributed by atoms with Gasteiger partial charge in [0.15, 0.2) is 11.2 Å². The van der Waals surface area contributed by atoms with E-state index < -0.39 is 11.2 Å². The molecule has 37 heavy (non-hydrogen) atoms. The lowest BCUT2D eigenvalue weighted by Gasteiger charge is -2.64. The molecule has 4 aromatic rings. The Balaban J connectivity index is 1.57. The molecule has 7 rings (SSSR count). The van der Waals surface area contributed by atoms with Gasteiger partial charge in [0, 0.05) is 69.1 Å². The number of aromatic nitrogens is 4. The first-order valence-corrected chi connectivity index (χ1v) is 13.7. The van der Waals surface area contributed by atoms with Crippen LogP contribution in [0.5, 0.6) is 0 Å². The van der Waals surface area contributed by atoms with Gasteiger partial charge in [-0.05, 0) is 42.5 Å². The number of para-hydroxylation sites is 1. The molecule has 4 N–H and O–H groups in total. The summed E-state index contributed by atoms with van der Waals surface area (Å²) in [4.78, 5) is 18.8. The number of fused-ring (bicyclic) bond motifs is 1. The summed E-state index contributed by atoms with van der Waals surface area (Å²) < 4.78 is 5.82. The van der Waals surface area contributed by atoms with E-state index in [-0.39, 0.29) is 0 Å². The van der Waals surface area contributed by atoms with E-state index in [1.807, 2.05) is 18.6 Å². The monoisotopic (exact) mass is 500 g/mol. The van der Waals surface area contributed by atoms with Crippen LogP contribution < -0.4 is 5.32 Å².